The van der Waals surface area contributed by atoms with Crippen molar-refractivity contribution in [2.24, 2.45) is 5.92 Å². The van der Waals surface area contributed by atoms with Gasteiger partial charge >= 0.3 is 0 Å². The van der Waals surface area contributed by atoms with Crippen LogP contribution in [0.2, 0.25) is 0 Å². The van der Waals surface area contributed by atoms with Crippen LogP contribution in [0.5, 0.6) is 11.5 Å². The number of rotatable bonds is 8. The first-order chi connectivity index (χ1) is 10.4. The Balaban J connectivity index is 1.36. The minimum Gasteiger partial charge on any atom is -0.490 e. The third-order valence-corrected chi connectivity index (χ3v) is 3.51. The molecule has 2 aromatic carbocycles. The lowest BCUT2D eigenvalue weighted by atomic mass is 10.3. The van der Waals surface area contributed by atoms with Crippen LogP contribution in [0.1, 0.15) is 12.8 Å². The molecule has 0 amide bonds. The molecule has 2 aromatic rings. The standard InChI is InChI=1S/C18H21NO2/c1-2-4-17(5-3-1)20-12-13-21-18-10-8-16(9-11-18)19-14-15-6-7-15/h1-5,8-11,15,19H,6-7,12-14H2. The Bertz CT molecular complexity index is 535. The van der Waals surface area contributed by atoms with E-state index in [9.17, 15) is 0 Å². The van der Waals surface area contributed by atoms with Crippen LogP contribution in [-0.4, -0.2) is 19.8 Å². The zero-order chi connectivity index (χ0) is 14.3. The molecule has 0 radical (unpaired) electrons. The molecular formula is C18H21NO2. The second-order valence-electron chi connectivity index (χ2n) is 5.36. The van der Waals surface area contributed by atoms with E-state index in [1.807, 2.05) is 42.5 Å². The van der Waals surface area contributed by atoms with Crippen LogP contribution < -0.4 is 14.8 Å². The van der Waals surface area contributed by atoms with Gasteiger partial charge in [0, 0.05) is 12.2 Å². The summed E-state index contributed by atoms with van der Waals surface area (Å²) in [5, 5.41) is 3.44. The van der Waals surface area contributed by atoms with Crippen LogP contribution in [0, 0.1) is 5.92 Å². The van der Waals surface area contributed by atoms with Crippen molar-refractivity contribution in [3.8, 4) is 11.5 Å². The van der Waals surface area contributed by atoms with Crippen molar-refractivity contribution in [1.29, 1.82) is 0 Å². The van der Waals surface area contributed by atoms with Gasteiger partial charge in [0.25, 0.3) is 0 Å². The second-order valence-corrected chi connectivity index (χ2v) is 5.36. The molecule has 0 saturated heterocycles. The third kappa shape index (κ3) is 4.71. The maximum atomic E-state index is 5.67. The molecule has 0 spiro atoms. The smallest absolute Gasteiger partial charge is 0.122 e. The molecule has 0 unspecified atom stereocenters. The van der Waals surface area contributed by atoms with Crippen LogP contribution in [0.4, 0.5) is 5.69 Å². The maximum absolute atomic E-state index is 5.67. The Morgan fingerprint density at radius 2 is 1.43 bits per heavy atom. The Kier molecular flexibility index (Phi) is 4.62. The highest BCUT2D eigenvalue weighted by Gasteiger charge is 2.20. The Morgan fingerprint density at radius 1 is 0.810 bits per heavy atom. The van der Waals surface area contributed by atoms with Gasteiger partial charge in [-0.1, -0.05) is 18.2 Å². The fourth-order valence-electron chi connectivity index (χ4n) is 2.09. The van der Waals surface area contributed by atoms with E-state index in [0.29, 0.717) is 13.2 Å². The highest BCUT2D eigenvalue weighted by Crippen LogP contribution is 2.29. The monoisotopic (exact) mass is 283 g/mol. The van der Waals surface area contributed by atoms with Gasteiger partial charge in [0.15, 0.2) is 0 Å². The number of hydrogen-bond acceptors (Lipinski definition) is 3. The first-order valence-corrected chi connectivity index (χ1v) is 7.55. The van der Waals surface area contributed by atoms with Gasteiger partial charge in [-0.25, -0.2) is 0 Å². The molecule has 1 N–H and O–H groups in total. The van der Waals surface area contributed by atoms with Gasteiger partial charge in [0.05, 0.1) is 0 Å². The molecule has 1 saturated carbocycles. The predicted octanol–water partition coefficient (Wildman–Crippen LogP) is 3.97. The summed E-state index contributed by atoms with van der Waals surface area (Å²) in [6.45, 7) is 2.18. The molecule has 0 heterocycles. The van der Waals surface area contributed by atoms with Crippen molar-refractivity contribution in [3.05, 3.63) is 54.6 Å². The number of benzene rings is 2. The summed E-state index contributed by atoms with van der Waals surface area (Å²) >= 11 is 0. The lowest BCUT2D eigenvalue weighted by Crippen LogP contribution is -2.09. The van der Waals surface area contributed by atoms with Crippen molar-refractivity contribution in [3.63, 3.8) is 0 Å². The second kappa shape index (κ2) is 7.02. The molecule has 3 heteroatoms. The van der Waals surface area contributed by atoms with Gasteiger partial charge in [-0.2, -0.15) is 0 Å². The molecule has 3 rings (SSSR count). The zero-order valence-electron chi connectivity index (χ0n) is 12.1. The van der Waals surface area contributed by atoms with Gasteiger partial charge < -0.3 is 14.8 Å². The van der Waals surface area contributed by atoms with Crippen LogP contribution in [0.25, 0.3) is 0 Å². The number of anilines is 1. The van der Waals surface area contributed by atoms with Gasteiger partial charge in [-0.3, -0.25) is 0 Å². The van der Waals surface area contributed by atoms with Crippen molar-refractivity contribution in [1.82, 2.24) is 0 Å². The van der Waals surface area contributed by atoms with Crippen LogP contribution >= 0.6 is 0 Å². The molecule has 1 aliphatic rings. The van der Waals surface area contributed by atoms with Gasteiger partial charge in [-0.05, 0) is 55.2 Å². The summed E-state index contributed by atoms with van der Waals surface area (Å²) in [5.41, 5.74) is 1.16. The maximum Gasteiger partial charge on any atom is 0.122 e. The summed E-state index contributed by atoms with van der Waals surface area (Å²) in [4.78, 5) is 0. The summed E-state index contributed by atoms with van der Waals surface area (Å²) in [7, 11) is 0. The van der Waals surface area contributed by atoms with Crippen LogP contribution in [0.15, 0.2) is 54.6 Å². The third-order valence-electron chi connectivity index (χ3n) is 3.51. The van der Waals surface area contributed by atoms with E-state index < -0.39 is 0 Å². The Labute approximate surface area is 125 Å². The lowest BCUT2D eigenvalue weighted by Gasteiger charge is -2.09. The number of nitrogens with one attached hydrogen (secondary N) is 1. The normalized spacial score (nSPS) is 13.7. The van der Waals surface area contributed by atoms with Crippen molar-refractivity contribution < 1.29 is 9.47 Å². The summed E-state index contributed by atoms with van der Waals surface area (Å²) in [6.07, 6.45) is 2.74. The van der Waals surface area contributed by atoms with E-state index in [1.165, 1.54) is 12.8 Å². The Morgan fingerprint density at radius 3 is 2.05 bits per heavy atom. The average Bonchev–Trinajstić information content (AvgIpc) is 3.36. The molecule has 0 aliphatic heterocycles. The largest absolute Gasteiger partial charge is 0.490 e. The highest BCUT2D eigenvalue weighted by atomic mass is 16.5. The first-order valence-electron chi connectivity index (χ1n) is 7.55. The molecule has 1 aliphatic carbocycles. The van der Waals surface area contributed by atoms with Crippen molar-refractivity contribution >= 4 is 5.69 Å². The van der Waals surface area contributed by atoms with Gasteiger partial charge in [-0.15, -0.1) is 0 Å². The number of para-hydroxylation sites is 1. The molecule has 0 atom stereocenters. The van der Waals surface area contributed by atoms with E-state index in [0.717, 1.165) is 29.6 Å². The van der Waals surface area contributed by atoms with Gasteiger partial charge in [0.2, 0.25) is 0 Å². The fraction of sp³-hybridized carbons (Fsp3) is 0.333. The van der Waals surface area contributed by atoms with E-state index in [1.54, 1.807) is 0 Å². The summed E-state index contributed by atoms with van der Waals surface area (Å²) < 4.78 is 11.3. The quantitative estimate of drug-likeness (QED) is 0.744. The lowest BCUT2D eigenvalue weighted by molar-refractivity contribution is 0.217. The van der Waals surface area contributed by atoms with Crippen molar-refractivity contribution in [2.75, 3.05) is 25.1 Å². The molecular weight excluding hydrogens is 262 g/mol. The van der Waals surface area contributed by atoms with Crippen LogP contribution in [-0.2, 0) is 0 Å². The van der Waals surface area contributed by atoms with E-state index in [2.05, 4.69) is 17.4 Å². The minimum atomic E-state index is 0.545. The molecule has 0 aromatic heterocycles. The molecule has 110 valence electrons. The zero-order valence-corrected chi connectivity index (χ0v) is 12.1. The van der Waals surface area contributed by atoms with E-state index >= 15 is 0 Å². The number of hydrogen-bond donors (Lipinski definition) is 1. The predicted molar refractivity (Wildman–Crippen MR) is 85.1 cm³/mol. The van der Waals surface area contributed by atoms with E-state index in [-0.39, 0.29) is 0 Å². The number of ether oxygens (including phenoxy) is 2. The van der Waals surface area contributed by atoms with Crippen molar-refractivity contribution in [2.45, 2.75) is 12.8 Å². The summed E-state index contributed by atoms with van der Waals surface area (Å²) in [5.74, 6) is 2.64. The SMILES string of the molecule is c1ccc(OCCOc2ccc(NCC3CC3)cc2)cc1. The Hall–Kier alpha value is -2.16. The van der Waals surface area contributed by atoms with Crippen LogP contribution in [0.3, 0.4) is 0 Å². The minimum absolute atomic E-state index is 0.545. The molecule has 0 bridgehead atoms. The highest BCUT2D eigenvalue weighted by molar-refractivity contribution is 5.46. The molecule has 1 fully saturated rings. The molecule has 21 heavy (non-hydrogen) atoms. The fourth-order valence-corrected chi connectivity index (χ4v) is 2.09. The van der Waals surface area contributed by atoms with E-state index in [4.69, 9.17) is 9.47 Å². The topological polar surface area (TPSA) is 30.5 Å². The molecule has 3 nitrogen and oxygen atoms in total. The summed E-state index contributed by atoms with van der Waals surface area (Å²) in [6, 6.07) is 17.9. The average molecular weight is 283 g/mol. The van der Waals surface area contributed by atoms with Gasteiger partial charge in [0.1, 0.15) is 24.7 Å². The first kappa shape index (κ1) is 13.8.